The maximum absolute atomic E-state index is 4.72. The van der Waals surface area contributed by atoms with Gasteiger partial charge in [0.15, 0.2) is 0 Å². The Morgan fingerprint density at radius 1 is 1.11 bits per heavy atom. The highest BCUT2D eigenvalue weighted by Gasteiger charge is 2.34. The van der Waals surface area contributed by atoms with Crippen LogP contribution in [0.5, 0.6) is 0 Å². The first kappa shape index (κ1) is 14.7. The highest BCUT2D eigenvalue weighted by Crippen LogP contribution is 2.38. The molecule has 1 aliphatic carbocycles. The van der Waals surface area contributed by atoms with Crippen LogP contribution in [0.2, 0.25) is 0 Å². The largest absolute Gasteiger partial charge is 0.300 e. The molecule has 1 saturated heterocycles. The fourth-order valence-electron chi connectivity index (χ4n) is 3.97. The maximum atomic E-state index is 4.72. The van der Waals surface area contributed by atoms with E-state index in [4.69, 9.17) is 12.6 Å². The Morgan fingerprint density at radius 3 is 2.33 bits per heavy atom. The molecule has 18 heavy (non-hydrogen) atoms. The highest BCUT2D eigenvalue weighted by atomic mass is 32.1. The van der Waals surface area contributed by atoms with Crippen molar-refractivity contribution in [1.82, 2.24) is 4.90 Å². The van der Waals surface area contributed by atoms with Gasteiger partial charge in [-0.15, -0.1) is 0 Å². The van der Waals surface area contributed by atoms with Crippen LogP contribution in [0.4, 0.5) is 0 Å². The van der Waals surface area contributed by atoms with Crippen LogP contribution in [0, 0.1) is 11.3 Å². The molecule has 2 fully saturated rings. The molecule has 1 saturated carbocycles. The Morgan fingerprint density at radius 2 is 1.78 bits per heavy atom. The standard InChI is InChI=1S/C16H31NS/c1-14-7-10-17(15(2)11-14)12-16(13-18)8-5-3-4-6-9-16/h14-15,18H,3-13H2,1-2H3. The van der Waals surface area contributed by atoms with Crippen LogP contribution < -0.4 is 0 Å². The summed E-state index contributed by atoms with van der Waals surface area (Å²) in [6.45, 7) is 7.47. The lowest BCUT2D eigenvalue weighted by molar-refractivity contribution is 0.0723. The van der Waals surface area contributed by atoms with Crippen LogP contribution in [0.15, 0.2) is 0 Å². The van der Waals surface area contributed by atoms with Gasteiger partial charge in [-0.25, -0.2) is 0 Å². The van der Waals surface area contributed by atoms with Gasteiger partial charge in [-0.2, -0.15) is 12.6 Å². The van der Waals surface area contributed by atoms with E-state index in [0.717, 1.165) is 17.7 Å². The third kappa shape index (κ3) is 3.66. The van der Waals surface area contributed by atoms with Crippen molar-refractivity contribution in [3.05, 3.63) is 0 Å². The minimum Gasteiger partial charge on any atom is -0.300 e. The average molecular weight is 269 g/mol. The van der Waals surface area contributed by atoms with Gasteiger partial charge in [0.05, 0.1) is 0 Å². The molecule has 0 aromatic heterocycles. The monoisotopic (exact) mass is 269 g/mol. The molecule has 0 amide bonds. The van der Waals surface area contributed by atoms with Crippen LogP contribution >= 0.6 is 12.6 Å². The Balaban J connectivity index is 1.96. The predicted octanol–water partition coefficient (Wildman–Crippen LogP) is 4.38. The molecular formula is C16H31NS. The van der Waals surface area contributed by atoms with E-state index in [1.807, 2.05) is 0 Å². The maximum Gasteiger partial charge on any atom is 0.00697 e. The number of nitrogens with zero attached hydrogens (tertiary/aromatic N) is 1. The number of thiol groups is 1. The molecule has 0 radical (unpaired) electrons. The molecule has 1 aliphatic heterocycles. The first-order valence-electron chi connectivity index (χ1n) is 8.00. The zero-order valence-electron chi connectivity index (χ0n) is 12.3. The second-order valence-electron chi connectivity index (χ2n) is 7.02. The summed E-state index contributed by atoms with van der Waals surface area (Å²) in [5, 5.41) is 0. The fourth-order valence-corrected chi connectivity index (χ4v) is 4.38. The van der Waals surface area contributed by atoms with Gasteiger partial charge in [0.2, 0.25) is 0 Å². The first-order chi connectivity index (χ1) is 8.65. The fraction of sp³-hybridized carbons (Fsp3) is 1.00. The molecule has 2 aliphatic rings. The van der Waals surface area contributed by atoms with Crippen LogP contribution in [-0.2, 0) is 0 Å². The summed E-state index contributed by atoms with van der Waals surface area (Å²) >= 11 is 4.72. The Hall–Kier alpha value is 0.310. The number of hydrogen-bond acceptors (Lipinski definition) is 2. The predicted molar refractivity (Wildman–Crippen MR) is 83.4 cm³/mol. The minimum absolute atomic E-state index is 0.522. The van der Waals surface area contributed by atoms with E-state index in [0.29, 0.717) is 5.41 Å². The van der Waals surface area contributed by atoms with Crippen molar-refractivity contribution in [2.24, 2.45) is 11.3 Å². The lowest BCUT2D eigenvalue weighted by Crippen LogP contribution is -2.47. The van der Waals surface area contributed by atoms with Crippen molar-refractivity contribution in [2.75, 3.05) is 18.8 Å². The summed E-state index contributed by atoms with van der Waals surface area (Å²) in [4.78, 5) is 2.77. The van der Waals surface area contributed by atoms with Gasteiger partial charge in [-0.1, -0.05) is 32.6 Å². The van der Waals surface area contributed by atoms with Gasteiger partial charge in [0.1, 0.15) is 0 Å². The summed E-state index contributed by atoms with van der Waals surface area (Å²) in [5.41, 5.74) is 0.522. The van der Waals surface area contributed by atoms with E-state index < -0.39 is 0 Å². The molecular weight excluding hydrogens is 238 g/mol. The van der Waals surface area contributed by atoms with Crippen molar-refractivity contribution in [3.63, 3.8) is 0 Å². The SMILES string of the molecule is CC1CCN(CC2(CS)CCCCCC2)C(C)C1. The molecule has 106 valence electrons. The molecule has 0 N–H and O–H groups in total. The Bertz CT molecular complexity index is 245. The van der Waals surface area contributed by atoms with Crippen molar-refractivity contribution in [2.45, 2.75) is 71.3 Å². The molecule has 2 unspecified atom stereocenters. The third-order valence-corrected chi connectivity index (χ3v) is 5.98. The van der Waals surface area contributed by atoms with Crippen molar-refractivity contribution in [3.8, 4) is 0 Å². The van der Waals surface area contributed by atoms with Crippen LogP contribution in [0.3, 0.4) is 0 Å². The van der Waals surface area contributed by atoms with E-state index in [1.54, 1.807) is 0 Å². The Kier molecular flexibility index (Phi) is 5.44. The van der Waals surface area contributed by atoms with E-state index in [-0.39, 0.29) is 0 Å². The van der Waals surface area contributed by atoms with E-state index in [2.05, 4.69) is 18.7 Å². The quantitative estimate of drug-likeness (QED) is 0.588. The molecule has 0 spiro atoms. The lowest BCUT2D eigenvalue weighted by Gasteiger charge is -2.43. The first-order valence-corrected chi connectivity index (χ1v) is 8.63. The molecule has 2 atom stereocenters. The van der Waals surface area contributed by atoms with Gasteiger partial charge >= 0.3 is 0 Å². The summed E-state index contributed by atoms with van der Waals surface area (Å²) in [7, 11) is 0. The average Bonchev–Trinajstić information content (AvgIpc) is 2.59. The molecule has 0 bridgehead atoms. The van der Waals surface area contributed by atoms with Crippen molar-refractivity contribution in [1.29, 1.82) is 0 Å². The smallest absolute Gasteiger partial charge is 0.00697 e. The Labute approximate surface area is 119 Å². The van der Waals surface area contributed by atoms with Crippen molar-refractivity contribution >= 4 is 12.6 Å². The van der Waals surface area contributed by atoms with Crippen LogP contribution in [-0.4, -0.2) is 29.8 Å². The normalized spacial score (nSPS) is 34.2. The van der Waals surface area contributed by atoms with Crippen LogP contribution in [0.25, 0.3) is 0 Å². The summed E-state index contributed by atoms with van der Waals surface area (Å²) in [6, 6.07) is 0.786. The molecule has 2 heteroatoms. The number of hydrogen-bond donors (Lipinski definition) is 1. The van der Waals surface area contributed by atoms with Gasteiger partial charge in [-0.3, -0.25) is 0 Å². The minimum atomic E-state index is 0.522. The summed E-state index contributed by atoms with van der Waals surface area (Å²) in [6.07, 6.45) is 11.4. The number of rotatable bonds is 3. The molecule has 0 aromatic carbocycles. The second-order valence-corrected chi connectivity index (χ2v) is 7.34. The molecule has 1 heterocycles. The second kappa shape index (κ2) is 6.65. The van der Waals surface area contributed by atoms with Crippen molar-refractivity contribution < 1.29 is 0 Å². The molecule has 0 aromatic rings. The van der Waals surface area contributed by atoms with Gasteiger partial charge in [0, 0.05) is 12.6 Å². The van der Waals surface area contributed by atoms with E-state index >= 15 is 0 Å². The van der Waals surface area contributed by atoms with Gasteiger partial charge < -0.3 is 4.90 Å². The van der Waals surface area contributed by atoms with E-state index in [9.17, 15) is 0 Å². The van der Waals surface area contributed by atoms with E-state index in [1.165, 1.54) is 64.5 Å². The van der Waals surface area contributed by atoms with Gasteiger partial charge in [-0.05, 0) is 56.2 Å². The molecule has 2 rings (SSSR count). The topological polar surface area (TPSA) is 3.24 Å². The highest BCUT2D eigenvalue weighted by molar-refractivity contribution is 7.80. The third-order valence-electron chi connectivity index (χ3n) is 5.31. The lowest BCUT2D eigenvalue weighted by atomic mass is 9.80. The van der Waals surface area contributed by atoms with Crippen LogP contribution in [0.1, 0.15) is 65.2 Å². The zero-order chi connectivity index (χ0) is 13.0. The number of likely N-dealkylation sites (tertiary alicyclic amines) is 1. The molecule has 1 nitrogen and oxygen atoms in total. The summed E-state index contributed by atoms with van der Waals surface area (Å²) < 4.78 is 0. The number of piperidine rings is 1. The van der Waals surface area contributed by atoms with Gasteiger partial charge in [0.25, 0.3) is 0 Å². The zero-order valence-corrected chi connectivity index (χ0v) is 13.2. The summed E-state index contributed by atoms with van der Waals surface area (Å²) in [5.74, 6) is 2.02.